The third kappa shape index (κ3) is 3.45. The van der Waals surface area contributed by atoms with Crippen molar-refractivity contribution >= 4 is 23.2 Å². The molecule has 0 aliphatic rings. The van der Waals surface area contributed by atoms with Gasteiger partial charge in [0, 0.05) is 17.3 Å². The topological polar surface area (TPSA) is 55.1 Å². The van der Waals surface area contributed by atoms with Gasteiger partial charge in [-0.05, 0) is 35.9 Å². The molecule has 2 aromatic rings. The third-order valence-corrected chi connectivity index (χ3v) is 2.81. The largest absolute Gasteiger partial charge is 0.399 e. The minimum atomic E-state index is -0.641. The van der Waals surface area contributed by atoms with E-state index in [4.69, 9.17) is 17.3 Å². The number of nitrogens with one attached hydrogen (secondary N) is 1. The number of rotatable bonds is 3. The van der Waals surface area contributed by atoms with Crippen LogP contribution in [0.1, 0.15) is 15.9 Å². The summed E-state index contributed by atoms with van der Waals surface area (Å²) in [7, 11) is 0. The first kappa shape index (κ1) is 13.4. The smallest absolute Gasteiger partial charge is 0.254 e. The zero-order chi connectivity index (χ0) is 13.8. The maximum atomic E-state index is 13.5. The predicted octanol–water partition coefficient (Wildman–Crippen LogP) is 2.99. The maximum Gasteiger partial charge on any atom is 0.254 e. The van der Waals surface area contributed by atoms with Crippen molar-refractivity contribution in [2.24, 2.45) is 0 Å². The molecule has 0 saturated heterocycles. The highest BCUT2D eigenvalue weighted by Gasteiger charge is 2.11. The molecule has 0 spiro atoms. The Kier molecular flexibility index (Phi) is 4.02. The second-order valence-corrected chi connectivity index (χ2v) is 4.49. The first-order chi connectivity index (χ1) is 9.06. The average Bonchev–Trinajstić information content (AvgIpc) is 2.36. The molecule has 3 N–H and O–H groups in total. The van der Waals surface area contributed by atoms with E-state index in [1.54, 1.807) is 18.2 Å². The predicted molar refractivity (Wildman–Crippen MR) is 73.4 cm³/mol. The van der Waals surface area contributed by atoms with Crippen LogP contribution in [0.25, 0.3) is 0 Å². The molecule has 19 heavy (non-hydrogen) atoms. The van der Waals surface area contributed by atoms with Gasteiger partial charge in [0.15, 0.2) is 0 Å². The Morgan fingerprint density at radius 3 is 2.74 bits per heavy atom. The van der Waals surface area contributed by atoms with Crippen LogP contribution in [0.4, 0.5) is 10.1 Å². The molecule has 3 nitrogen and oxygen atoms in total. The van der Waals surface area contributed by atoms with Gasteiger partial charge in [-0.15, -0.1) is 0 Å². The standard InChI is InChI=1S/C14H12ClFN2O/c15-10-4-5-12(13(16)7-10)14(19)18-8-9-2-1-3-11(17)6-9/h1-7H,8,17H2,(H,18,19). The molecule has 2 aromatic carbocycles. The number of anilines is 1. The van der Waals surface area contributed by atoms with Crippen LogP contribution in [0.3, 0.4) is 0 Å². The molecule has 5 heteroatoms. The van der Waals surface area contributed by atoms with E-state index in [0.29, 0.717) is 5.69 Å². The number of carbonyl (C=O) groups excluding carboxylic acids is 1. The summed E-state index contributed by atoms with van der Waals surface area (Å²) in [6.45, 7) is 0.284. The Balaban J connectivity index is 2.05. The van der Waals surface area contributed by atoms with E-state index in [-0.39, 0.29) is 17.1 Å². The van der Waals surface area contributed by atoms with Gasteiger partial charge in [-0.2, -0.15) is 0 Å². The van der Waals surface area contributed by atoms with Crippen molar-refractivity contribution in [3.63, 3.8) is 0 Å². The van der Waals surface area contributed by atoms with Gasteiger partial charge < -0.3 is 11.1 Å². The lowest BCUT2D eigenvalue weighted by molar-refractivity contribution is 0.0947. The van der Waals surface area contributed by atoms with E-state index >= 15 is 0 Å². The molecule has 0 heterocycles. The molecule has 0 unspecified atom stereocenters. The second kappa shape index (κ2) is 5.71. The molecule has 0 fully saturated rings. The summed E-state index contributed by atoms with van der Waals surface area (Å²) >= 11 is 5.63. The monoisotopic (exact) mass is 278 g/mol. The summed E-state index contributed by atoms with van der Waals surface area (Å²) < 4.78 is 13.5. The first-order valence-electron chi connectivity index (χ1n) is 5.64. The van der Waals surface area contributed by atoms with Crippen LogP contribution in [-0.2, 0) is 6.54 Å². The quantitative estimate of drug-likeness (QED) is 0.848. The Morgan fingerprint density at radius 2 is 2.05 bits per heavy atom. The molecular weight excluding hydrogens is 267 g/mol. The number of nitrogens with two attached hydrogens (primary N) is 1. The molecule has 2 rings (SSSR count). The van der Waals surface area contributed by atoms with E-state index in [1.165, 1.54) is 12.1 Å². The number of hydrogen-bond acceptors (Lipinski definition) is 2. The van der Waals surface area contributed by atoms with Gasteiger partial charge in [0.25, 0.3) is 5.91 Å². The first-order valence-corrected chi connectivity index (χ1v) is 6.02. The maximum absolute atomic E-state index is 13.5. The molecule has 0 bridgehead atoms. The number of benzene rings is 2. The van der Waals surface area contributed by atoms with E-state index in [1.807, 2.05) is 6.07 Å². The van der Waals surface area contributed by atoms with Crippen LogP contribution in [0.5, 0.6) is 0 Å². The fraction of sp³-hybridized carbons (Fsp3) is 0.0714. The summed E-state index contributed by atoms with van der Waals surface area (Å²) in [5.74, 6) is -1.13. The molecular formula is C14H12ClFN2O. The highest BCUT2D eigenvalue weighted by Crippen LogP contribution is 2.14. The van der Waals surface area contributed by atoms with Crippen molar-refractivity contribution in [2.45, 2.75) is 6.54 Å². The van der Waals surface area contributed by atoms with E-state index < -0.39 is 11.7 Å². The Labute approximate surface area is 115 Å². The molecule has 0 radical (unpaired) electrons. The van der Waals surface area contributed by atoms with Gasteiger partial charge in [-0.25, -0.2) is 4.39 Å². The van der Waals surface area contributed by atoms with Gasteiger partial charge in [0.2, 0.25) is 0 Å². The van der Waals surface area contributed by atoms with Gasteiger partial charge in [0.05, 0.1) is 5.56 Å². The van der Waals surface area contributed by atoms with Crippen LogP contribution < -0.4 is 11.1 Å². The molecule has 1 amide bonds. The van der Waals surface area contributed by atoms with Gasteiger partial charge in [-0.3, -0.25) is 4.79 Å². The van der Waals surface area contributed by atoms with Gasteiger partial charge in [-0.1, -0.05) is 23.7 Å². The lowest BCUT2D eigenvalue weighted by Gasteiger charge is -2.07. The summed E-state index contributed by atoms with van der Waals surface area (Å²) in [5.41, 5.74) is 7.06. The SMILES string of the molecule is Nc1cccc(CNC(=O)c2ccc(Cl)cc2F)c1. The second-order valence-electron chi connectivity index (χ2n) is 4.05. The molecule has 0 aliphatic carbocycles. The average molecular weight is 279 g/mol. The fourth-order valence-corrected chi connectivity index (χ4v) is 1.81. The van der Waals surface area contributed by atoms with E-state index in [2.05, 4.69) is 5.32 Å². The summed E-state index contributed by atoms with van der Waals surface area (Å²) in [6, 6.07) is 11.1. The highest BCUT2D eigenvalue weighted by molar-refractivity contribution is 6.30. The van der Waals surface area contributed by atoms with Crippen LogP contribution in [-0.4, -0.2) is 5.91 Å². The Hall–Kier alpha value is -2.07. The normalized spacial score (nSPS) is 10.2. The Bertz CT molecular complexity index is 616. The lowest BCUT2D eigenvalue weighted by Crippen LogP contribution is -2.23. The zero-order valence-corrected chi connectivity index (χ0v) is 10.7. The summed E-state index contributed by atoms with van der Waals surface area (Å²) in [5, 5.41) is 2.88. The van der Waals surface area contributed by atoms with Crippen molar-refractivity contribution < 1.29 is 9.18 Å². The van der Waals surface area contributed by atoms with Crippen molar-refractivity contribution in [3.8, 4) is 0 Å². The zero-order valence-electron chi connectivity index (χ0n) is 9.99. The third-order valence-electron chi connectivity index (χ3n) is 2.58. The Morgan fingerprint density at radius 1 is 1.26 bits per heavy atom. The minimum Gasteiger partial charge on any atom is -0.399 e. The minimum absolute atomic E-state index is 0.0340. The number of halogens is 2. The van der Waals surface area contributed by atoms with Crippen LogP contribution in [0.15, 0.2) is 42.5 Å². The number of amides is 1. The molecule has 98 valence electrons. The lowest BCUT2D eigenvalue weighted by atomic mass is 10.1. The van der Waals surface area contributed by atoms with Gasteiger partial charge >= 0.3 is 0 Å². The molecule has 0 atom stereocenters. The molecule has 0 aliphatic heterocycles. The molecule has 0 aromatic heterocycles. The van der Waals surface area contributed by atoms with Crippen LogP contribution >= 0.6 is 11.6 Å². The summed E-state index contributed by atoms with van der Waals surface area (Å²) in [4.78, 5) is 11.8. The fourth-order valence-electron chi connectivity index (χ4n) is 1.65. The highest BCUT2D eigenvalue weighted by atomic mass is 35.5. The van der Waals surface area contributed by atoms with E-state index in [0.717, 1.165) is 11.6 Å². The number of nitrogen functional groups attached to an aromatic ring is 1. The van der Waals surface area contributed by atoms with Crippen molar-refractivity contribution in [3.05, 3.63) is 64.4 Å². The van der Waals surface area contributed by atoms with Crippen molar-refractivity contribution in [1.82, 2.24) is 5.32 Å². The van der Waals surface area contributed by atoms with Crippen LogP contribution in [0.2, 0.25) is 5.02 Å². The van der Waals surface area contributed by atoms with Crippen molar-refractivity contribution in [1.29, 1.82) is 0 Å². The molecule has 0 saturated carbocycles. The summed E-state index contributed by atoms with van der Waals surface area (Å²) in [6.07, 6.45) is 0. The van der Waals surface area contributed by atoms with Gasteiger partial charge in [0.1, 0.15) is 5.82 Å². The number of hydrogen-bond donors (Lipinski definition) is 2. The van der Waals surface area contributed by atoms with Crippen LogP contribution in [0, 0.1) is 5.82 Å². The van der Waals surface area contributed by atoms with E-state index in [9.17, 15) is 9.18 Å². The van der Waals surface area contributed by atoms with Crippen molar-refractivity contribution in [2.75, 3.05) is 5.73 Å². The number of carbonyl (C=O) groups is 1.